The first-order chi connectivity index (χ1) is 11.7. The van der Waals surface area contributed by atoms with Gasteiger partial charge >= 0.3 is 0 Å². The largest absolute Gasteiger partial charge is 0.393 e. The molecule has 4 rings (SSSR count). The molecule has 2 aromatic heterocycles. The Hall–Kier alpha value is -2.11. The van der Waals surface area contributed by atoms with Crippen LogP contribution in [0.15, 0.2) is 36.5 Å². The van der Waals surface area contributed by atoms with Crippen LogP contribution in [0.2, 0.25) is 5.02 Å². The van der Waals surface area contributed by atoms with Crippen molar-refractivity contribution in [2.24, 2.45) is 0 Å². The number of rotatable bonds is 3. The molecule has 1 aliphatic rings. The SMILES string of the molecule is OC1CCC(Nc2nccc3[nH]c(-c4ccccc4Cl)nc23)CC1. The molecule has 0 radical (unpaired) electrons. The Bertz CT molecular complexity index is 855. The number of hydrogen-bond acceptors (Lipinski definition) is 4. The molecule has 2 heterocycles. The van der Waals surface area contributed by atoms with Crippen LogP contribution in [0.3, 0.4) is 0 Å². The number of benzene rings is 1. The Labute approximate surface area is 145 Å². The highest BCUT2D eigenvalue weighted by Gasteiger charge is 2.21. The van der Waals surface area contributed by atoms with Crippen LogP contribution >= 0.6 is 11.6 Å². The molecule has 1 saturated carbocycles. The number of pyridine rings is 1. The van der Waals surface area contributed by atoms with Crippen molar-refractivity contribution in [3.05, 3.63) is 41.6 Å². The van der Waals surface area contributed by atoms with Gasteiger partial charge in [0.1, 0.15) is 11.3 Å². The van der Waals surface area contributed by atoms with Crippen LogP contribution in [-0.4, -0.2) is 32.2 Å². The van der Waals surface area contributed by atoms with Gasteiger partial charge in [0.25, 0.3) is 0 Å². The summed E-state index contributed by atoms with van der Waals surface area (Å²) in [5.41, 5.74) is 2.62. The van der Waals surface area contributed by atoms with Crippen LogP contribution < -0.4 is 5.32 Å². The first kappa shape index (κ1) is 15.4. The molecule has 1 fully saturated rings. The molecule has 1 aliphatic carbocycles. The normalized spacial score (nSPS) is 21.1. The highest BCUT2D eigenvalue weighted by molar-refractivity contribution is 6.33. The second kappa shape index (κ2) is 6.42. The van der Waals surface area contributed by atoms with E-state index < -0.39 is 0 Å². The Balaban J connectivity index is 1.66. The van der Waals surface area contributed by atoms with E-state index in [-0.39, 0.29) is 6.10 Å². The number of nitrogens with zero attached hydrogens (tertiary/aromatic N) is 2. The summed E-state index contributed by atoms with van der Waals surface area (Å²) in [6, 6.07) is 9.89. The van der Waals surface area contributed by atoms with Gasteiger partial charge in [0.2, 0.25) is 0 Å². The quantitative estimate of drug-likeness (QED) is 0.672. The molecule has 3 aromatic rings. The fourth-order valence-corrected chi connectivity index (χ4v) is 3.46. The van der Waals surface area contributed by atoms with Crippen molar-refractivity contribution < 1.29 is 5.11 Å². The number of aromatic nitrogens is 3. The summed E-state index contributed by atoms with van der Waals surface area (Å²) in [7, 11) is 0. The summed E-state index contributed by atoms with van der Waals surface area (Å²) in [5.74, 6) is 1.52. The fraction of sp³-hybridized carbons (Fsp3) is 0.333. The van der Waals surface area contributed by atoms with E-state index in [1.54, 1.807) is 6.20 Å². The predicted octanol–water partition coefficient (Wildman–Crippen LogP) is 3.99. The number of fused-ring (bicyclic) bond motifs is 1. The zero-order valence-corrected chi connectivity index (χ0v) is 13.9. The number of aliphatic hydroxyl groups excluding tert-OH is 1. The van der Waals surface area contributed by atoms with Crippen molar-refractivity contribution in [3.63, 3.8) is 0 Å². The number of hydrogen-bond donors (Lipinski definition) is 3. The summed E-state index contributed by atoms with van der Waals surface area (Å²) in [5, 5.41) is 13.8. The third-order valence-electron chi connectivity index (χ3n) is 4.57. The van der Waals surface area contributed by atoms with Crippen molar-refractivity contribution >= 4 is 28.5 Å². The summed E-state index contributed by atoms with van der Waals surface area (Å²) >= 11 is 6.28. The molecule has 0 bridgehead atoms. The molecule has 24 heavy (non-hydrogen) atoms. The van der Waals surface area contributed by atoms with Crippen molar-refractivity contribution in [1.29, 1.82) is 0 Å². The standard InChI is InChI=1S/C18H19ClN4O/c19-14-4-2-1-3-13(14)17-22-15-9-10-20-18(16(15)23-17)21-11-5-7-12(24)8-6-11/h1-4,9-12,24H,5-8H2,(H,20,21)(H,22,23). The van der Waals surface area contributed by atoms with Gasteiger partial charge in [0.15, 0.2) is 5.82 Å². The van der Waals surface area contributed by atoms with E-state index in [0.717, 1.165) is 53.9 Å². The minimum absolute atomic E-state index is 0.163. The van der Waals surface area contributed by atoms with Gasteiger partial charge in [0, 0.05) is 17.8 Å². The van der Waals surface area contributed by atoms with Gasteiger partial charge < -0.3 is 15.4 Å². The van der Waals surface area contributed by atoms with Gasteiger partial charge in [0.05, 0.1) is 16.6 Å². The molecular weight excluding hydrogens is 324 g/mol. The van der Waals surface area contributed by atoms with Gasteiger partial charge in [-0.1, -0.05) is 23.7 Å². The molecular formula is C18H19ClN4O. The third kappa shape index (κ3) is 2.97. The summed E-state index contributed by atoms with van der Waals surface area (Å²) in [6.45, 7) is 0. The molecule has 0 unspecified atom stereocenters. The number of aromatic amines is 1. The van der Waals surface area contributed by atoms with E-state index >= 15 is 0 Å². The van der Waals surface area contributed by atoms with E-state index in [9.17, 15) is 5.11 Å². The molecule has 6 heteroatoms. The topological polar surface area (TPSA) is 73.8 Å². The summed E-state index contributed by atoms with van der Waals surface area (Å²) in [4.78, 5) is 12.5. The zero-order valence-electron chi connectivity index (χ0n) is 13.2. The second-order valence-electron chi connectivity index (χ2n) is 6.27. The van der Waals surface area contributed by atoms with Crippen molar-refractivity contribution in [1.82, 2.24) is 15.0 Å². The van der Waals surface area contributed by atoms with E-state index in [4.69, 9.17) is 16.6 Å². The number of H-pyrrole nitrogens is 1. The van der Waals surface area contributed by atoms with Gasteiger partial charge in [-0.05, 0) is 43.9 Å². The summed E-state index contributed by atoms with van der Waals surface area (Å²) in [6.07, 6.45) is 5.17. The van der Waals surface area contributed by atoms with Gasteiger partial charge in [-0.15, -0.1) is 0 Å². The maximum Gasteiger partial charge on any atom is 0.154 e. The molecule has 0 saturated heterocycles. The monoisotopic (exact) mass is 342 g/mol. The molecule has 0 spiro atoms. The van der Waals surface area contributed by atoms with E-state index in [1.165, 1.54) is 0 Å². The number of anilines is 1. The Kier molecular flexibility index (Phi) is 4.12. The molecule has 0 atom stereocenters. The first-order valence-electron chi connectivity index (χ1n) is 8.25. The van der Waals surface area contributed by atoms with Crippen molar-refractivity contribution in [2.45, 2.75) is 37.8 Å². The maximum absolute atomic E-state index is 9.65. The number of nitrogens with one attached hydrogen (secondary N) is 2. The predicted molar refractivity (Wildman–Crippen MR) is 96.2 cm³/mol. The maximum atomic E-state index is 9.65. The average molecular weight is 343 g/mol. The lowest BCUT2D eigenvalue weighted by atomic mass is 9.93. The van der Waals surface area contributed by atoms with Crippen LogP contribution in [-0.2, 0) is 0 Å². The highest BCUT2D eigenvalue weighted by atomic mass is 35.5. The minimum Gasteiger partial charge on any atom is -0.393 e. The zero-order chi connectivity index (χ0) is 16.5. The molecule has 124 valence electrons. The second-order valence-corrected chi connectivity index (χ2v) is 6.68. The number of imidazole rings is 1. The molecule has 3 N–H and O–H groups in total. The Morgan fingerprint density at radius 3 is 2.71 bits per heavy atom. The van der Waals surface area contributed by atoms with Crippen molar-refractivity contribution in [2.75, 3.05) is 5.32 Å². The molecule has 0 amide bonds. The molecule has 5 nitrogen and oxygen atoms in total. The van der Waals surface area contributed by atoms with Gasteiger partial charge in [-0.2, -0.15) is 0 Å². The van der Waals surface area contributed by atoms with Crippen LogP contribution in [0.1, 0.15) is 25.7 Å². The number of aliphatic hydroxyl groups is 1. The lowest BCUT2D eigenvalue weighted by molar-refractivity contribution is 0.126. The van der Waals surface area contributed by atoms with Gasteiger partial charge in [-0.3, -0.25) is 0 Å². The number of halogens is 1. The van der Waals surface area contributed by atoms with E-state index in [1.807, 2.05) is 30.3 Å². The summed E-state index contributed by atoms with van der Waals surface area (Å²) < 4.78 is 0. The Morgan fingerprint density at radius 2 is 1.92 bits per heavy atom. The smallest absolute Gasteiger partial charge is 0.154 e. The lowest BCUT2D eigenvalue weighted by Crippen LogP contribution is -2.28. The molecule has 1 aromatic carbocycles. The fourth-order valence-electron chi connectivity index (χ4n) is 3.24. The first-order valence-corrected chi connectivity index (χ1v) is 8.63. The highest BCUT2D eigenvalue weighted by Crippen LogP contribution is 2.30. The van der Waals surface area contributed by atoms with Crippen LogP contribution in [0.25, 0.3) is 22.4 Å². The lowest BCUT2D eigenvalue weighted by Gasteiger charge is -2.26. The average Bonchev–Trinajstić information content (AvgIpc) is 3.02. The Morgan fingerprint density at radius 1 is 1.12 bits per heavy atom. The van der Waals surface area contributed by atoms with E-state index in [0.29, 0.717) is 11.1 Å². The van der Waals surface area contributed by atoms with Crippen LogP contribution in [0.4, 0.5) is 5.82 Å². The van der Waals surface area contributed by atoms with Crippen LogP contribution in [0.5, 0.6) is 0 Å². The van der Waals surface area contributed by atoms with Gasteiger partial charge in [-0.25, -0.2) is 9.97 Å². The molecule has 0 aliphatic heterocycles. The van der Waals surface area contributed by atoms with Crippen molar-refractivity contribution in [3.8, 4) is 11.4 Å². The minimum atomic E-state index is -0.163. The third-order valence-corrected chi connectivity index (χ3v) is 4.90. The van der Waals surface area contributed by atoms with Crippen LogP contribution in [0, 0.1) is 0 Å². The van der Waals surface area contributed by atoms with E-state index in [2.05, 4.69) is 15.3 Å².